The number of rotatable bonds is 6. The third kappa shape index (κ3) is 5.25. The van der Waals surface area contributed by atoms with E-state index in [0.717, 1.165) is 16.8 Å². The lowest BCUT2D eigenvalue weighted by atomic mass is 10.1. The maximum atomic E-state index is 13.4. The largest absolute Gasteiger partial charge is 0.365 e. The number of carbonyl (C=O) groups excluding carboxylic acids is 1. The van der Waals surface area contributed by atoms with Crippen LogP contribution in [0.1, 0.15) is 23.1 Å². The van der Waals surface area contributed by atoms with E-state index in [9.17, 15) is 13.6 Å². The normalized spacial score (nSPS) is 14.9. The fourth-order valence-electron chi connectivity index (χ4n) is 3.54. The van der Waals surface area contributed by atoms with Crippen molar-refractivity contribution in [1.29, 1.82) is 5.26 Å². The van der Waals surface area contributed by atoms with Crippen molar-refractivity contribution in [2.75, 3.05) is 23.3 Å². The van der Waals surface area contributed by atoms with Crippen molar-refractivity contribution in [1.82, 2.24) is 9.78 Å². The maximum Gasteiger partial charge on any atom is 0.266 e. The topological polar surface area (TPSA) is 74.0 Å². The van der Waals surface area contributed by atoms with Crippen LogP contribution < -0.4 is 10.2 Å². The summed E-state index contributed by atoms with van der Waals surface area (Å²) in [5, 5.41) is 16.0. The zero-order chi connectivity index (χ0) is 21.8. The van der Waals surface area contributed by atoms with Gasteiger partial charge in [-0.2, -0.15) is 10.4 Å². The van der Waals surface area contributed by atoms with Crippen LogP contribution in [0.4, 0.5) is 20.3 Å². The molecule has 1 aliphatic rings. The van der Waals surface area contributed by atoms with E-state index in [4.69, 9.17) is 5.26 Å². The van der Waals surface area contributed by atoms with Gasteiger partial charge < -0.3 is 10.2 Å². The zero-order valence-electron chi connectivity index (χ0n) is 16.8. The number of alkyl halides is 2. The lowest BCUT2D eigenvalue weighted by Gasteiger charge is -2.18. The van der Waals surface area contributed by atoms with Gasteiger partial charge in [0.25, 0.3) is 5.92 Å². The highest BCUT2D eigenvalue weighted by Crippen LogP contribution is 2.30. The van der Waals surface area contributed by atoms with Gasteiger partial charge in [-0.25, -0.2) is 8.78 Å². The molecule has 2 aromatic carbocycles. The number of hydrogen-bond donors (Lipinski definition) is 1. The standard InChI is InChI=1S/C23H21F2N5O/c24-23(25)10-12-29(16-23)20-7-5-17(6-8-20)13-22(31)27-21-9-11-30(28-21)15-19-3-1-18(14-26)2-4-19/h1-9,11H,10,12-13,15-16H2,(H,27,28,31). The first-order valence-electron chi connectivity index (χ1n) is 9.94. The molecule has 1 N–H and O–H groups in total. The number of nitrogens with zero attached hydrogens (tertiary/aromatic N) is 4. The van der Waals surface area contributed by atoms with Crippen molar-refractivity contribution in [3.63, 3.8) is 0 Å². The van der Waals surface area contributed by atoms with Crippen molar-refractivity contribution in [3.05, 3.63) is 77.5 Å². The maximum absolute atomic E-state index is 13.4. The summed E-state index contributed by atoms with van der Waals surface area (Å²) < 4.78 is 28.5. The summed E-state index contributed by atoms with van der Waals surface area (Å²) in [6, 6.07) is 18.2. The van der Waals surface area contributed by atoms with Crippen LogP contribution >= 0.6 is 0 Å². The molecule has 0 spiro atoms. The molecular weight excluding hydrogens is 400 g/mol. The molecule has 0 atom stereocenters. The summed E-state index contributed by atoms with van der Waals surface area (Å²) in [5.74, 6) is -2.39. The number of carbonyl (C=O) groups is 1. The van der Waals surface area contributed by atoms with Crippen molar-refractivity contribution >= 4 is 17.4 Å². The Morgan fingerprint density at radius 3 is 2.45 bits per heavy atom. The summed E-state index contributed by atoms with van der Waals surface area (Å²) >= 11 is 0. The molecular formula is C23H21F2N5O. The third-order valence-electron chi connectivity index (χ3n) is 5.17. The van der Waals surface area contributed by atoms with Gasteiger partial charge in [0.1, 0.15) is 0 Å². The number of aromatic nitrogens is 2. The number of halogens is 2. The average Bonchev–Trinajstić information content (AvgIpc) is 3.34. The smallest absolute Gasteiger partial charge is 0.266 e. The van der Waals surface area contributed by atoms with E-state index in [1.54, 1.807) is 58.2 Å². The molecule has 0 aliphatic carbocycles. The first kappa shape index (κ1) is 20.5. The fraction of sp³-hybridized carbons (Fsp3) is 0.261. The van der Waals surface area contributed by atoms with Gasteiger partial charge in [0.05, 0.1) is 31.1 Å². The number of nitriles is 1. The molecule has 3 aromatic rings. The minimum Gasteiger partial charge on any atom is -0.365 e. The highest BCUT2D eigenvalue weighted by molar-refractivity contribution is 5.91. The van der Waals surface area contributed by atoms with Gasteiger partial charge in [0, 0.05) is 30.9 Å². The van der Waals surface area contributed by atoms with E-state index in [1.807, 2.05) is 12.1 Å². The van der Waals surface area contributed by atoms with Gasteiger partial charge in [0.15, 0.2) is 5.82 Å². The van der Waals surface area contributed by atoms with Crippen molar-refractivity contribution in [2.24, 2.45) is 0 Å². The van der Waals surface area contributed by atoms with E-state index in [0.29, 0.717) is 24.5 Å². The van der Waals surface area contributed by atoms with Gasteiger partial charge in [0.2, 0.25) is 5.91 Å². The summed E-state index contributed by atoms with van der Waals surface area (Å²) in [4.78, 5) is 14.0. The Labute approximate surface area is 178 Å². The molecule has 0 radical (unpaired) electrons. The number of amides is 1. The molecule has 6 nitrogen and oxygen atoms in total. The lowest BCUT2D eigenvalue weighted by molar-refractivity contribution is -0.115. The summed E-state index contributed by atoms with van der Waals surface area (Å²) in [6.45, 7) is 0.592. The Balaban J connectivity index is 1.30. The quantitative estimate of drug-likeness (QED) is 0.657. The highest BCUT2D eigenvalue weighted by atomic mass is 19.3. The molecule has 1 amide bonds. The number of hydrogen-bond acceptors (Lipinski definition) is 4. The first-order chi connectivity index (χ1) is 14.9. The Hall–Kier alpha value is -3.73. The Bertz CT molecular complexity index is 1100. The molecule has 4 rings (SSSR count). The van der Waals surface area contributed by atoms with Gasteiger partial charge in [-0.05, 0) is 35.4 Å². The SMILES string of the molecule is N#Cc1ccc(Cn2ccc(NC(=O)Cc3ccc(N4CCC(F)(F)C4)cc3)n2)cc1. The molecule has 8 heteroatoms. The molecule has 31 heavy (non-hydrogen) atoms. The summed E-state index contributed by atoms with van der Waals surface area (Å²) in [7, 11) is 0. The van der Waals surface area contributed by atoms with E-state index < -0.39 is 5.92 Å². The molecule has 1 aromatic heterocycles. The number of benzene rings is 2. The minimum absolute atomic E-state index is 0.130. The Morgan fingerprint density at radius 1 is 1.10 bits per heavy atom. The van der Waals surface area contributed by atoms with Crippen LogP contribution in [0.3, 0.4) is 0 Å². The molecule has 1 fully saturated rings. The molecule has 1 saturated heterocycles. The van der Waals surface area contributed by atoms with Crippen molar-refractivity contribution in [2.45, 2.75) is 25.3 Å². The van der Waals surface area contributed by atoms with Crippen LogP contribution in [0, 0.1) is 11.3 Å². The lowest BCUT2D eigenvalue weighted by Crippen LogP contribution is -2.24. The van der Waals surface area contributed by atoms with Gasteiger partial charge >= 0.3 is 0 Å². The molecule has 158 valence electrons. The van der Waals surface area contributed by atoms with Gasteiger partial charge in [-0.1, -0.05) is 24.3 Å². The Morgan fingerprint density at radius 2 is 1.81 bits per heavy atom. The van der Waals surface area contributed by atoms with Crippen LogP contribution in [0.2, 0.25) is 0 Å². The van der Waals surface area contributed by atoms with Crippen LogP contribution in [0.5, 0.6) is 0 Å². The summed E-state index contributed by atoms with van der Waals surface area (Å²) in [5.41, 5.74) is 3.13. The minimum atomic E-state index is -2.64. The van der Waals surface area contributed by atoms with Gasteiger partial charge in [-0.3, -0.25) is 9.48 Å². The second-order valence-electron chi connectivity index (χ2n) is 7.63. The molecule has 1 aliphatic heterocycles. The third-order valence-corrected chi connectivity index (χ3v) is 5.17. The van der Waals surface area contributed by atoms with Crippen LogP contribution in [0.25, 0.3) is 0 Å². The predicted molar refractivity (Wildman–Crippen MR) is 113 cm³/mol. The first-order valence-corrected chi connectivity index (χ1v) is 9.94. The summed E-state index contributed by atoms with van der Waals surface area (Å²) in [6.07, 6.45) is 1.81. The van der Waals surface area contributed by atoms with Crippen molar-refractivity contribution < 1.29 is 13.6 Å². The van der Waals surface area contributed by atoms with Crippen molar-refractivity contribution in [3.8, 4) is 6.07 Å². The second kappa shape index (κ2) is 8.56. The van der Waals surface area contributed by atoms with E-state index >= 15 is 0 Å². The fourth-order valence-corrected chi connectivity index (χ4v) is 3.54. The van der Waals surface area contributed by atoms with E-state index in [-0.39, 0.29) is 25.3 Å². The molecule has 0 saturated carbocycles. The molecule has 0 bridgehead atoms. The monoisotopic (exact) mass is 421 g/mol. The van der Waals surface area contributed by atoms with Gasteiger partial charge in [-0.15, -0.1) is 0 Å². The second-order valence-corrected chi connectivity index (χ2v) is 7.63. The van der Waals surface area contributed by atoms with E-state index in [1.165, 1.54) is 0 Å². The average molecular weight is 421 g/mol. The van der Waals surface area contributed by atoms with Crippen LogP contribution in [0.15, 0.2) is 60.8 Å². The van der Waals surface area contributed by atoms with Crippen LogP contribution in [-0.2, 0) is 17.8 Å². The molecule has 0 unspecified atom stereocenters. The number of anilines is 2. The predicted octanol–water partition coefficient (Wildman–Crippen LogP) is 3.83. The highest BCUT2D eigenvalue weighted by Gasteiger charge is 2.38. The van der Waals surface area contributed by atoms with E-state index in [2.05, 4.69) is 16.5 Å². The zero-order valence-corrected chi connectivity index (χ0v) is 16.8. The number of nitrogens with one attached hydrogen (secondary N) is 1. The van der Waals surface area contributed by atoms with Crippen LogP contribution in [-0.4, -0.2) is 34.7 Å². The molecule has 2 heterocycles. The Kier molecular flexibility index (Phi) is 5.67.